The molecule has 4 saturated heterocycles. The molecule has 0 radical (unpaired) electrons. The molecule has 2 aromatic carbocycles. The minimum atomic E-state index is -0.00648. The molecule has 5 heterocycles. The Kier molecular flexibility index (Phi) is 5.40. The molecule has 4 fully saturated rings. The number of morpholine rings is 1. The van der Waals surface area contributed by atoms with Crippen LogP contribution in [0.4, 0.5) is 5.69 Å². The maximum Gasteiger partial charge on any atom is 0.261 e. The summed E-state index contributed by atoms with van der Waals surface area (Å²) in [5.74, 6) is 0.649. The highest BCUT2D eigenvalue weighted by Gasteiger charge is 2.35. The summed E-state index contributed by atoms with van der Waals surface area (Å²) in [6, 6.07) is 16.6. The molecule has 2 bridgehead atoms. The van der Waals surface area contributed by atoms with Crippen LogP contribution in [0.15, 0.2) is 48.5 Å². The van der Waals surface area contributed by atoms with Gasteiger partial charge in [0.2, 0.25) is 0 Å². The molecule has 1 atom stereocenters. The average molecular weight is 462 g/mol. The van der Waals surface area contributed by atoms with Crippen molar-refractivity contribution in [3.05, 3.63) is 53.4 Å². The third kappa shape index (κ3) is 3.94. The highest BCUT2D eigenvalue weighted by Crippen LogP contribution is 2.36. The Morgan fingerprint density at radius 3 is 2.61 bits per heavy atom. The van der Waals surface area contributed by atoms with Crippen LogP contribution in [0.1, 0.15) is 22.5 Å². The van der Waals surface area contributed by atoms with E-state index in [9.17, 15) is 9.59 Å². The molecular weight excluding hydrogens is 434 g/mol. The van der Waals surface area contributed by atoms with Gasteiger partial charge in [-0.1, -0.05) is 30.3 Å². The molecule has 1 N–H and O–H groups in total. The summed E-state index contributed by atoms with van der Waals surface area (Å²) in [5, 5.41) is 4.40. The van der Waals surface area contributed by atoms with Crippen LogP contribution in [0.25, 0.3) is 21.2 Å². The molecule has 7 rings (SSSR count). The maximum absolute atomic E-state index is 13.1. The molecule has 0 saturated carbocycles. The molecular formula is C26H27N3O3S. The fourth-order valence-corrected chi connectivity index (χ4v) is 6.48. The Bertz CT molecular complexity index is 1200. The number of rotatable bonds is 4. The molecule has 2 amide bonds. The zero-order valence-corrected chi connectivity index (χ0v) is 19.3. The predicted molar refractivity (Wildman–Crippen MR) is 131 cm³/mol. The number of piperidine rings is 3. The van der Waals surface area contributed by atoms with Gasteiger partial charge in [0.25, 0.3) is 11.8 Å². The van der Waals surface area contributed by atoms with Gasteiger partial charge >= 0.3 is 0 Å². The number of nitrogens with zero attached hydrogens (tertiary/aromatic N) is 2. The number of nitrogens with one attached hydrogen (secondary N) is 1. The lowest BCUT2D eigenvalue weighted by atomic mass is 9.84. The largest absolute Gasteiger partial charge is 0.370 e. The van der Waals surface area contributed by atoms with Gasteiger partial charge in [-0.15, -0.1) is 11.3 Å². The van der Waals surface area contributed by atoms with Crippen molar-refractivity contribution in [2.24, 2.45) is 5.92 Å². The first-order valence-electron chi connectivity index (χ1n) is 11.7. The number of thiophene rings is 1. The van der Waals surface area contributed by atoms with Crippen LogP contribution in [-0.4, -0.2) is 62.1 Å². The number of carbonyl (C=O) groups excluding carboxylic acids is 2. The van der Waals surface area contributed by atoms with E-state index in [2.05, 4.69) is 34.5 Å². The van der Waals surface area contributed by atoms with E-state index in [4.69, 9.17) is 4.74 Å². The number of fused-ring (bicyclic) bond motifs is 4. The van der Waals surface area contributed by atoms with Crippen molar-refractivity contribution in [1.82, 2.24) is 10.2 Å². The lowest BCUT2D eigenvalue weighted by Crippen LogP contribution is -2.57. The fraction of sp³-hybridized carbons (Fsp3) is 0.385. The highest BCUT2D eigenvalue weighted by molar-refractivity contribution is 7.21. The number of benzene rings is 2. The summed E-state index contributed by atoms with van der Waals surface area (Å²) in [6.07, 6.45) is 2.38. The topological polar surface area (TPSA) is 61.9 Å². The van der Waals surface area contributed by atoms with E-state index >= 15 is 0 Å². The van der Waals surface area contributed by atoms with Gasteiger partial charge in [0, 0.05) is 29.5 Å². The van der Waals surface area contributed by atoms with Gasteiger partial charge in [0.1, 0.15) is 6.61 Å². The van der Waals surface area contributed by atoms with Crippen molar-refractivity contribution >= 4 is 38.9 Å². The second kappa shape index (κ2) is 8.56. The molecule has 33 heavy (non-hydrogen) atoms. The van der Waals surface area contributed by atoms with Crippen LogP contribution in [-0.2, 0) is 9.53 Å². The van der Waals surface area contributed by atoms with Crippen molar-refractivity contribution in [2.45, 2.75) is 18.9 Å². The molecule has 3 aromatic rings. The quantitative estimate of drug-likeness (QED) is 0.643. The molecule has 7 heteroatoms. The minimum Gasteiger partial charge on any atom is -0.370 e. The fourth-order valence-electron chi connectivity index (χ4n) is 5.38. The second-order valence-corrected chi connectivity index (χ2v) is 10.2. The third-order valence-electron chi connectivity index (χ3n) is 7.22. The SMILES string of the molecule is O=C(NC1CN2CCC1CC2)c1cc2cccc(-c3ccc(N4CCOCC4=O)cc3)c2s1. The third-order valence-corrected chi connectivity index (χ3v) is 8.40. The Hall–Kier alpha value is -2.74. The van der Waals surface area contributed by atoms with E-state index in [1.165, 1.54) is 25.9 Å². The standard InChI is InChI=1S/C26H27N3O3S/c30-24-16-32-13-12-29(24)20-6-4-17(5-7-20)21-3-1-2-19-14-23(33-25(19)21)26(31)27-22-15-28-10-8-18(22)9-11-28/h1-7,14,18,22H,8-13,15-16H2,(H,27,31). The first-order chi connectivity index (χ1) is 16.2. The van der Waals surface area contributed by atoms with Crippen molar-refractivity contribution in [3.63, 3.8) is 0 Å². The van der Waals surface area contributed by atoms with E-state index in [1.54, 1.807) is 16.2 Å². The van der Waals surface area contributed by atoms with Gasteiger partial charge in [-0.3, -0.25) is 9.59 Å². The van der Waals surface area contributed by atoms with Gasteiger partial charge in [-0.25, -0.2) is 0 Å². The summed E-state index contributed by atoms with van der Waals surface area (Å²) in [5.41, 5.74) is 3.08. The Morgan fingerprint density at radius 1 is 1.06 bits per heavy atom. The van der Waals surface area contributed by atoms with Crippen molar-refractivity contribution in [2.75, 3.05) is 44.3 Å². The van der Waals surface area contributed by atoms with E-state index in [1.807, 2.05) is 24.3 Å². The van der Waals surface area contributed by atoms with Gasteiger partial charge < -0.3 is 19.9 Å². The summed E-state index contributed by atoms with van der Waals surface area (Å²) in [6.45, 7) is 4.60. The number of carbonyl (C=O) groups is 2. The number of hydrogen-bond acceptors (Lipinski definition) is 5. The highest BCUT2D eigenvalue weighted by atomic mass is 32.1. The Labute approximate surface area is 197 Å². The first kappa shape index (κ1) is 20.8. The zero-order chi connectivity index (χ0) is 22.4. The second-order valence-electron chi connectivity index (χ2n) is 9.20. The van der Waals surface area contributed by atoms with E-state index in [0.717, 1.165) is 38.3 Å². The molecule has 0 aliphatic carbocycles. The van der Waals surface area contributed by atoms with Crippen LogP contribution in [0.2, 0.25) is 0 Å². The molecule has 4 aliphatic rings. The van der Waals surface area contributed by atoms with E-state index < -0.39 is 0 Å². The van der Waals surface area contributed by atoms with Crippen LogP contribution in [0, 0.1) is 5.92 Å². The van der Waals surface area contributed by atoms with Crippen LogP contribution >= 0.6 is 11.3 Å². The van der Waals surface area contributed by atoms with Gasteiger partial charge in [-0.2, -0.15) is 0 Å². The smallest absolute Gasteiger partial charge is 0.261 e. The summed E-state index contributed by atoms with van der Waals surface area (Å²) < 4.78 is 6.35. The van der Waals surface area contributed by atoms with Crippen LogP contribution in [0.5, 0.6) is 0 Å². The zero-order valence-electron chi connectivity index (χ0n) is 18.5. The van der Waals surface area contributed by atoms with Crippen molar-refractivity contribution in [3.8, 4) is 11.1 Å². The van der Waals surface area contributed by atoms with Gasteiger partial charge in [0.15, 0.2) is 0 Å². The van der Waals surface area contributed by atoms with Gasteiger partial charge in [0.05, 0.1) is 11.5 Å². The number of ether oxygens (including phenoxy) is 1. The molecule has 170 valence electrons. The molecule has 4 aliphatic heterocycles. The maximum atomic E-state index is 13.1. The monoisotopic (exact) mass is 461 g/mol. The lowest BCUT2D eigenvalue weighted by Gasteiger charge is -2.44. The lowest BCUT2D eigenvalue weighted by molar-refractivity contribution is -0.125. The molecule has 1 unspecified atom stereocenters. The molecule has 0 spiro atoms. The van der Waals surface area contributed by atoms with Crippen molar-refractivity contribution < 1.29 is 14.3 Å². The normalized spacial score (nSPS) is 24.9. The minimum absolute atomic E-state index is 0.00648. The predicted octanol–water partition coefficient (Wildman–Crippen LogP) is 3.76. The Morgan fingerprint density at radius 2 is 1.88 bits per heavy atom. The Balaban J connectivity index is 1.24. The molecule has 1 aromatic heterocycles. The first-order valence-corrected chi connectivity index (χ1v) is 12.5. The van der Waals surface area contributed by atoms with E-state index in [0.29, 0.717) is 19.1 Å². The van der Waals surface area contributed by atoms with Gasteiger partial charge in [-0.05, 0) is 66.6 Å². The number of hydrogen-bond donors (Lipinski definition) is 1. The summed E-state index contributed by atoms with van der Waals surface area (Å²) in [7, 11) is 0. The summed E-state index contributed by atoms with van der Waals surface area (Å²) >= 11 is 1.56. The van der Waals surface area contributed by atoms with E-state index in [-0.39, 0.29) is 24.5 Å². The molecule has 6 nitrogen and oxygen atoms in total. The number of anilines is 1. The average Bonchev–Trinajstić information content (AvgIpc) is 3.30. The van der Waals surface area contributed by atoms with Crippen LogP contribution in [0.3, 0.4) is 0 Å². The van der Waals surface area contributed by atoms with Crippen LogP contribution < -0.4 is 10.2 Å². The summed E-state index contributed by atoms with van der Waals surface area (Å²) in [4.78, 5) is 30.2. The number of amides is 2. The van der Waals surface area contributed by atoms with Crippen molar-refractivity contribution in [1.29, 1.82) is 0 Å².